The van der Waals surface area contributed by atoms with E-state index in [0.29, 0.717) is 12.1 Å². The lowest BCUT2D eigenvalue weighted by Gasteiger charge is -2.30. The molecule has 0 bridgehead atoms. The third-order valence-corrected chi connectivity index (χ3v) is 3.23. The molecule has 1 aromatic rings. The maximum absolute atomic E-state index is 5.49. The Hall–Kier alpha value is -0.870. The van der Waals surface area contributed by atoms with Crippen LogP contribution in [0.1, 0.15) is 37.1 Å². The molecule has 0 spiro atoms. The average Bonchev–Trinajstić information content (AvgIpc) is 2.73. The molecule has 2 rings (SSSR count). The van der Waals surface area contributed by atoms with Crippen LogP contribution in [0.4, 0.5) is 0 Å². The zero-order valence-corrected chi connectivity index (χ0v) is 10.0. The van der Waals surface area contributed by atoms with Crippen LogP contribution in [0, 0.1) is 6.92 Å². The number of nitrogens with zero attached hydrogens (tertiary/aromatic N) is 1. The van der Waals surface area contributed by atoms with Crippen LogP contribution >= 0.6 is 0 Å². The summed E-state index contributed by atoms with van der Waals surface area (Å²) in [5.41, 5.74) is 0.970. The Morgan fingerprint density at radius 3 is 3.00 bits per heavy atom. The van der Waals surface area contributed by atoms with Crippen molar-refractivity contribution in [1.82, 2.24) is 10.5 Å². The molecule has 0 saturated heterocycles. The highest BCUT2D eigenvalue weighted by molar-refractivity contribution is 5.03. The van der Waals surface area contributed by atoms with Gasteiger partial charge in [-0.25, -0.2) is 0 Å². The van der Waals surface area contributed by atoms with Crippen LogP contribution in [0.15, 0.2) is 10.6 Å². The molecular weight excluding hydrogens is 204 g/mol. The van der Waals surface area contributed by atoms with Gasteiger partial charge in [-0.05, 0) is 19.8 Å². The van der Waals surface area contributed by atoms with Crippen molar-refractivity contribution >= 4 is 0 Å². The highest BCUT2D eigenvalue weighted by Crippen LogP contribution is 2.21. The Balaban J connectivity index is 1.84. The second-order valence-electron chi connectivity index (χ2n) is 4.47. The molecule has 1 N–H and O–H groups in total. The van der Waals surface area contributed by atoms with Crippen LogP contribution in [0.25, 0.3) is 0 Å². The Bertz CT molecular complexity index is 325. The molecular formula is C12H20N2O2. The van der Waals surface area contributed by atoms with Gasteiger partial charge in [-0.3, -0.25) is 0 Å². The first kappa shape index (κ1) is 11.6. The first-order valence-corrected chi connectivity index (χ1v) is 5.98. The van der Waals surface area contributed by atoms with Crippen molar-refractivity contribution in [3.8, 4) is 0 Å². The number of rotatable bonds is 4. The van der Waals surface area contributed by atoms with Crippen molar-refractivity contribution in [3.05, 3.63) is 17.5 Å². The van der Waals surface area contributed by atoms with E-state index in [1.165, 1.54) is 19.3 Å². The highest BCUT2D eigenvalue weighted by atomic mass is 16.5. The molecule has 1 saturated carbocycles. The maximum atomic E-state index is 5.49. The molecule has 1 heterocycles. The Kier molecular flexibility index (Phi) is 3.96. The van der Waals surface area contributed by atoms with Crippen LogP contribution in [0.5, 0.6) is 0 Å². The van der Waals surface area contributed by atoms with Crippen molar-refractivity contribution in [2.24, 2.45) is 0 Å². The van der Waals surface area contributed by atoms with E-state index in [0.717, 1.165) is 24.4 Å². The van der Waals surface area contributed by atoms with E-state index in [2.05, 4.69) is 10.5 Å². The minimum Gasteiger partial charge on any atom is -0.380 e. The summed E-state index contributed by atoms with van der Waals surface area (Å²) in [7, 11) is 1.80. The molecule has 4 heteroatoms. The number of aromatic nitrogens is 1. The third kappa shape index (κ3) is 2.83. The van der Waals surface area contributed by atoms with Gasteiger partial charge in [0.1, 0.15) is 5.76 Å². The first-order chi connectivity index (χ1) is 7.79. The van der Waals surface area contributed by atoms with Crippen molar-refractivity contribution in [2.75, 3.05) is 7.11 Å². The van der Waals surface area contributed by atoms with Gasteiger partial charge in [0.05, 0.1) is 11.8 Å². The van der Waals surface area contributed by atoms with E-state index in [1.54, 1.807) is 7.11 Å². The van der Waals surface area contributed by atoms with Gasteiger partial charge in [-0.2, -0.15) is 0 Å². The Morgan fingerprint density at radius 2 is 2.31 bits per heavy atom. The second-order valence-corrected chi connectivity index (χ2v) is 4.47. The van der Waals surface area contributed by atoms with E-state index in [1.807, 2.05) is 13.0 Å². The molecule has 1 aliphatic rings. The summed E-state index contributed by atoms with van der Waals surface area (Å²) in [5.74, 6) is 0.865. The van der Waals surface area contributed by atoms with Crippen molar-refractivity contribution in [1.29, 1.82) is 0 Å². The fraction of sp³-hybridized carbons (Fsp3) is 0.750. The van der Waals surface area contributed by atoms with Crippen molar-refractivity contribution in [2.45, 2.75) is 51.3 Å². The number of methoxy groups -OCH3 is 1. The zero-order valence-electron chi connectivity index (χ0n) is 10.0. The van der Waals surface area contributed by atoms with Crippen LogP contribution < -0.4 is 5.32 Å². The van der Waals surface area contributed by atoms with E-state index in [-0.39, 0.29) is 0 Å². The van der Waals surface area contributed by atoms with Crippen LogP contribution in [-0.2, 0) is 11.3 Å². The van der Waals surface area contributed by atoms with Gasteiger partial charge >= 0.3 is 0 Å². The zero-order chi connectivity index (χ0) is 11.4. The lowest BCUT2D eigenvalue weighted by atomic mass is 9.92. The van der Waals surface area contributed by atoms with Gasteiger partial charge in [-0.1, -0.05) is 18.0 Å². The van der Waals surface area contributed by atoms with Crippen molar-refractivity contribution < 1.29 is 9.26 Å². The molecule has 2 unspecified atom stereocenters. The number of hydrogen-bond donors (Lipinski definition) is 1. The quantitative estimate of drug-likeness (QED) is 0.850. The van der Waals surface area contributed by atoms with E-state index in [9.17, 15) is 0 Å². The number of ether oxygens (including phenoxy) is 1. The molecule has 0 aliphatic heterocycles. The molecule has 16 heavy (non-hydrogen) atoms. The molecule has 1 fully saturated rings. The molecule has 2 atom stereocenters. The minimum absolute atomic E-state index is 0.349. The van der Waals surface area contributed by atoms with Gasteiger partial charge in [0.2, 0.25) is 0 Å². The fourth-order valence-corrected chi connectivity index (χ4v) is 2.35. The van der Waals surface area contributed by atoms with Crippen LogP contribution in [0.2, 0.25) is 0 Å². The summed E-state index contributed by atoms with van der Waals surface area (Å²) in [6, 6.07) is 2.42. The Labute approximate surface area is 96.3 Å². The molecule has 0 amide bonds. The van der Waals surface area contributed by atoms with Gasteiger partial charge in [0.15, 0.2) is 0 Å². The second kappa shape index (κ2) is 5.46. The van der Waals surface area contributed by atoms with Crippen molar-refractivity contribution in [3.63, 3.8) is 0 Å². The topological polar surface area (TPSA) is 47.3 Å². The van der Waals surface area contributed by atoms with Crippen LogP contribution in [-0.4, -0.2) is 24.4 Å². The van der Waals surface area contributed by atoms with Gasteiger partial charge in [-0.15, -0.1) is 0 Å². The summed E-state index contributed by atoms with van der Waals surface area (Å²) in [6.45, 7) is 2.68. The van der Waals surface area contributed by atoms with E-state index >= 15 is 0 Å². The molecule has 0 radical (unpaired) electrons. The third-order valence-electron chi connectivity index (χ3n) is 3.23. The van der Waals surface area contributed by atoms with Gasteiger partial charge < -0.3 is 14.6 Å². The lowest BCUT2D eigenvalue weighted by Crippen LogP contribution is -2.42. The molecule has 1 aromatic heterocycles. The minimum atomic E-state index is 0.349. The normalized spacial score (nSPS) is 25.9. The predicted molar refractivity (Wildman–Crippen MR) is 61.1 cm³/mol. The summed E-state index contributed by atoms with van der Waals surface area (Å²) < 4.78 is 10.5. The SMILES string of the molecule is COC1CCCCC1NCc1cc(C)on1. The maximum Gasteiger partial charge on any atom is 0.133 e. The van der Waals surface area contributed by atoms with Gasteiger partial charge in [0, 0.05) is 25.8 Å². The summed E-state index contributed by atoms with van der Waals surface area (Å²) >= 11 is 0. The molecule has 1 aliphatic carbocycles. The average molecular weight is 224 g/mol. The smallest absolute Gasteiger partial charge is 0.133 e. The van der Waals surface area contributed by atoms with Crippen LogP contribution in [0.3, 0.4) is 0 Å². The highest BCUT2D eigenvalue weighted by Gasteiger charge is 2.24. The molecule has 0 aromatic carbocycles. The molecule has 90 valence electrons. The Morgan fingerprint density at radius 1 is 1.50 bits per heavy atom. The lowest BCUT2D eigenvalue weighted by molar-refractivity contribution is 0.0411. The fourth-order valence-electron chi connectivity index (χ4n) is 2.35. The van der Waals surface area contributed by atoms with E-state index < -0.39 is 0 Å². The summed E-state index contributed by atoms with van der Waals surface area (Å²) in [4.78, 5) is 0. The largest absolute Gasteiger partial charge is 0.380 e. The summed E-state index contributed by atoms with van der Waals surface area (Å²) in [6.07, 6.45) is 5.26. The van der Waals surface area contributed by atoms with Gasteiger partial charge in [0.25, 0.3) is 0 Å². The standard InChI is InChI=1S/C12H20N2O2/c1-9-7-10(14-16-9)8-13-11-5-3-4-6-12(11)15-2/h7,11-13H,3-6,8H2,1-2H3. The number of aryl methyl sites for hydroxylation is 1. The molecule has 4 nitrogen and oxygen atoms in total. The number of hydrogen-bond acceptors (Lipinski definition) is 4. The predicted octanol–water partition coefficient (Wildman–Crippen LogP) is 2.03. The van der Waals surface area contributed by atoms with E-state index in [4.69, 9.17) is 9.26 Å². The summed E-state index contributed by atoms with van der Waals surface area (Å²) in [5, 5.41) is 7.48. The monoisotopic (exact) mass is 224 g/mol. The number of nitrogens with one attached hydrogen (secondary N) is 1. The first-order valence-electron chi connectivity index (χ1n) is 5.98.